The largest absolute Gasteiger partial charge is 0.573 e. The van der Waals surface area contributed by atoms with Crippen molar-refractivity contribution in [1.82, 2.24) is 5.32 Å². The van der Waals surface area contributed by atoms with E-state index in [4.69, 9.17) is 14.2 Å². The summed E-state index contributed by atoms with van der Waals surface area (Å²) in [6.45, 7) is 0.573. The number of rotatable bonds is 7. The third-order valence-electron chi connectivity index (χ3n) is 3.57. The van der Waals surface area contributed by atoms with E-state index in [1.807, 2.05) is 0 Å². The van der Waals surface area contributed by atoms with E-state index in [2.05, 4.69) is 10.1 Å². The summed E-state index contributed by atoms with van der Waals surface area (Å²) in [5.74, 6) is 0.929. The molecule has 0 spiro atoms. The summed E-state index contributed by atoms with van der Waals surface area (Å²) in [7, 11) is 0. The number of para-hydroxylation sites is 1. The maximum absolute atomic E-state index is 12.4. The topological polar surface area (TPSA) is 66.0 Å². The van der Waals surface area contributed by atoms with Crippen LogP contribution in [0.15, 0.2) is 48.5 Å². The summed E-state index contributed by atoms with van der Waals surface area (Å²) >= 11 is 0. The fourth-order valence-electron chi connectivity index (χ4n) is 2.37. The van der Waals surface area contributed by atoms with Gasteiger partial charge in [0.2, 0.25) is 12.7 Å². The van der Waals surface area contributed by atoms with E-state index in [1.54, 1.807) is 24.3 Å². The van der Waals surface area contributed by atoms with E-state index >= 15 is 0 Å². The molecule has 1 aliphatic heterocycles. The quantitative estimate of drug-likeness (QED) is 0.574. The average Bonchev–Trinajstić information content (AvgIpc) is 3.11. The van der Waals surface area contributed by atoms with Crippen LogP contribution in [0.1, 0.15) is 5.56 Å². The number of nitrogens with one attached hydrogen (secondary N) is 1. The summed E-state index contributed by atoms with van der Waals surface area (Å²) in [6, 6.07) is 10.7. The number of amides is 1. The fourth-order valence-corrected chi connectivity index (χ4v) is 2.37. The second-order valence-electron chi connectivity index (χ2n) is 5.57. The molecule has 3 rings (SSSR count). The molecule has 0 radical (unpaired) electrons. The summed E-state index contributed by atoms with van der Waals surface area (Å²) in [4.78, 5) is 11.8. The Hall–Kier alpha value is -3.36. The number of fused-ring (bicyclic) bond motifs is 1. The molecule has 1 amide bonds. The molecule has 2 aromatic rings. The van der Waals surface area contributed by atoms with Crippen molar-refractivity contribution >= 4 is 12.0 Å². The number of ether oxygens (including phenoxy) is 4. The Labute approximate surface area is 158 Å². The van der Waals surface area contributed by atoms with Crippen molar-refractivity contribution in [2.75, 3.05) is 19.9 Å². The Kier molecular flexibility index (Phi) is 5.93. The number of carbonyl (C=O) groups is 1. The average molecular weight is 395 g/mol. The molecule has 0 atom stereocenters. The molecule has 1 N–H and O–H groups in total. The van der Waals surface area contributed by atoms with Gasteiger partial charge in [-0.25, -0.2) is 0 Å². The van der Waals surface area contributed by atoms with Crippen LogP contribution in [0.2, 0.25) is 0 Å². The standard InChI is InChI=1S/C19H16F3NO5/c20-19(21,22)28-15-4-2-1-3-13(15)5-8-18(24)23-9-10-25-14-6-7-16-17(11-14)27-12-26-16/h1-8,11H,9-10,12H2,(H,23,24). The highest BCUT2D eigenvalue weighted by Crippen LogP contribution is 2.35. The Morgan fingerprint density at radius 1 is 1.14 bits per heavy atom. The lowest BCUT2D eigenvalue weighted by Crippen LogP contribution is -2.26. The summed E-state index contributed by atoms with van der Waals surface area (Å²) < 4.78 is 57.0. The van der Waals surface area contributed by atoms with E-state index < -0.39 is 12.3 Å². The van der Waals surface area contributed by atoms with Crippen LogP contribution in [0.25, 0.3) is 6.08 Å². The molecule has 148 valence electrons. The van der Waals surface area contributed by atoms with Crippen LogP contribution in [0, 0.1) is 0 Å². The Balaban J connectivity index is 1.46. The first-order chi connectivity index (χ1) is 13.4. The number of hydrogen-bond donors (Lipinski definition) is 1. The van der Waals surface area contributed by atoms with Gasteiger partial charge in [0.15, 0.2) is 11.5 Å². The van der Waals surface area contributed by atoms with Crippen LogP contribution in [0.5, 0.6) is 23.0 Å². The lowest BCUT2D eigenvalue weighted by Gasteiger charge is -2.11. The zero-order chi connectivity index (χ0) is 20.0. The smallest absolute Gasteiger partial charge is 0.492 e. The number of halogens is 3. The van der Waals surface area contributed by atoms with E-state index in [0.29, 0.717) is 17.2 Å². The monoisotopic (exact) mass is 395 g/mol. The Bertz CT molecular complexity index is 867. The van der Waals surface area contributed by atoms with Gasteiger partial charge in [-0.3, -0.25) is 4.79 Å². The molecule has 28 heavy (non-hydrogen) atoms. The molecule has 2 aromatic carbocycles. The Morgan fingerprint density at radius 2 is 1.93 bits per heavy atom. The predicted octanol–water partition coefficient (Wildman–Crippen LogP) is 3.52. The van der Waals surface area contributed by atoms with Crippen LogP contribution < -0.4 is 24.3 Å². The predicted molar refractivity (Wildman–Crippen MR) is 93.2 cm³/mol. The molecule has 0 saturated heterocycles. The van der Waals surface area contributed by atoms with E-state index in [9.17, 15) is 18.0 Å². The van der Waals surface area contributed by atoms with Crippen LogP contribution in [-0.2, 0) is 4.79 Å². The van der Waals surface area contributed by atoms with Gasteiger partial charge in [0, 0.05) is 17.7 Å². The summed E-state index contributed by atoms with van der Waals surface area (Å²) in [5, 5.41) is 2.57. The highest BCUT2D eigenvalue weighted by atomic mass is 19.4. The van der Waals surface area contributed by atoms with Crippen molar-refractivity contribution in [3.63, 3.8) is 0 Å². The van der Waals surface area contributed by atoms with Gasteiger partial charge in [-0.15, -0.1) is 13.2 Å². The third kappa shape index (κ3) is 5.57. The highest BCUT2D eigenvalue weighted by molar-refractivity contribution is 5.92. The number of carbonyl (C=O) groups excluding carboxylic acids is 1. The van der Waals surface area contributed by atoms with Crippen molar-refractivity contribution < 1.29 is 36.9 Å². The molecule has 0 fully saturated rings. The van der Waals surface area contributed by atoms with Crippen molar-refractivity contribution in [2.45, 2.75) is 6.36 Å². The molecule has 0 bridgehead atoms. The lowest BCUT2D eigenvalue weighted by molar-refractivity contribution is -0.274. The van der Waals surface area contributed by atoms with Gasteiger partial charge in [0.05, 0.1) is 6.54 Å². The normalized spacial score (nSPS) is 12.8. The van der Waals surface area contributed by atoms with Gasteiger partial charge in [0.25, 0.3) is 0 Å². The molecular formula is C19H16F3NO5. The highest BCUT2D eigenvalue weighted by Gasteiger charge is 2.31. The zero-order valence-electron chi connectivity index (χ0n) is 14.5. The molecular weight excluding hydrogens is 379 g/mol. The van der Waals surface area contributed by atoms with Gasteiger partial charge < -0.3 is 24.3 Å². The second kappa shape index (κ2) is 8.55. The van der Waals surface area contributed by atoms with Gasteiger partial charge in [-0.1, -0.05) is 18.2 Å². The van der Waals surface area contributed by atoms with Crippen LogP contribution in [0.3, 0.4) is 0 Å². The van der Waals surface area contributed by atoms with Crippen molar-refractivity contribution in [1.29, 1.82) is 0 Å². The van der Waals surface area contributed by atoms with Crippen LogP contribution in [0.4, 0.5) is 13.2 Å². The van der Waals surface area contributed by atoms with Gasteiger partial charge in [0.1, 0.15) is 18.1 Å². The lowest BCUT2D eigenvalue weighted by atomic mass is 10.2. The van der Waals surface area contributed by atoms with E-state index in [1.165, 1.54) is 24.3 Å². The molecule has 6 nitrogen and oxygen atoms in total. The Morgan fingerprint density at radius 3 is 2.75 bits per heavy atom. The minimum atomic E-state index is -4.81. The second-order valence-corrected chi connectivity index (χ2v) is 5.57. The van der Waals surface area contributed by atoms with E-state index in [-0.39, 0.29) is 31.3 Å². The molecule has 0 saturated carbocycles. The van der Waals surface area contributed by atoms with Crippen LogP contribution >= 0.6 is 0 Å². The van der Waals surface area contributed by atoms with E-state index in [0.717, 1.165) is 6.08 Å². The molecule has 1 aliphatic rings. The number of alkyl halides is 3. The van der Waals surface area contributed by atoms with Gasteiger partial charge >= 0.3 is 6.36 Å². The van der Waals surface area contributed by atoms with Crippen molar-refractivity contribution in [2.24, 2.45) is 0 Å². The molecule has 0 unspecified atom stereocenters. The third-order valence-corrected chi connectivity index (χ3v) is 3.57. The first-order valence-corrected chi connectivity index (χ1v) is 8.24. The van der Waals surface area contributed by atoms with Gasteiger partial charge in [-0.05, 0) is 24.3 Å². The SMILES string of the molecule is O=C(C=Cc1ccccc1OC(F)(F)F)NCCOc1ccc2c(c1)OCO2. The first-order valence-electron chi connectivity index (χ1n) is 8.24. The molecule has 0 aliphatic carbocycles. The summed E-state index contributed by atoms with van der Waals surface area (Å²) in [5.41, 5.74) is 0.131. The summed E-state index contributed by atoms with van der Waals surface area (Å²) in [6.07, 6.45) is -2.44. The molecule has 1 heterocycles. The molecule has 9 heteroatoms. The van der Waals surface area contributed by atoms with Gasteiger partial charge in [-0.2, -0.15) is 0 Å². The maximum atomic E-state index is 12.4. The van der Waals surface area contributed by atoms with Crippen molar-refractivity contribution in [3.05, 3.63) is 54.1 Å². The minimum Gasteiger partial charge on any atom is -0.492 e. The number of benzene rings is 2. The van der Waals surface area contributed by atoms with Crippen LogP contribution in [-0.4, -0.2) is 32.2 Å². The fraction of sp³-hybridized carbons (Fsp3) is 0.211. The molecule has 0 aromatic heterocycles. The number of hydrogen-bond acceptors (Lipinski definition) is 5. The maximum Gasteiger partial charge on any atom is 0.573 e. The zero-order valence-corrected chi connectivity index (χ0v) is 14.5. The minimum absolute atomic E-state index is 0.131. The van der Waals surface area contributed by atoms with Crippen molar-refractivity contribution in [3.8, 4) is 23.0 Å². The first kappa shape index (κ1) is 19.4.